The first-order valence-electron chi connectivity index (χ1n) is 6.26. The zero-order valence-electron chi connectivity index (χ0n) is 9.98. The molecule has 2 heterocycles. The summed E-state index contributed by atoms with van der Waals surface area (Å²) in [6.07, 6.45) is 6.00. The molecule has 0 amide bonds. The van der Waals surface area contributed by atoms with Crippen molar-refractivity contribution in [3.8, 4) is 0 Å². The van der Waals surface area contributed by atoms with Crippen LogP contribution in [0, 0.1) is 0 Å². The number of rotatable bonds is 5. The molecule has 1 aliphatic rings. The van der Waals surface area contributed by atoms with Crippen LogP contribution in [0.5, 0.6) is 0 Å². The minimum absolute atomic E-state index is 0.680. The van der Waals surface area contributed by atoms with Crippen LogP contribution >= 0.6 is 11.3 Å². The molecule has 2 rings (SSSR count). The Labute approximate surface area is 102 Å². The maximum Gasteiger partial charge on any atom is 0.185 e. The van der Waals surface area contributed by atoms with E-state index in [-0.39, 0.29) is 0 Å². The van der Waals surface area contributed by atoms with Crippen LogP contribution in [0.4, 0.5) is 5.13 Å². The van der Waals surface area contributed by atoms with Crippen molar-refractivity contribution in [1.29, 1.82) is 0 Å². The van der Waals surface area contributed by atoms with Crippen molar-refractivity contribution in [1.82, 2.24) is 4.98 Å². The van der Waals surface area contributed by atoms with E-state index in [0.717, 1.165) is 19.4 Å². The van der Waals surface area contributed by atoms with E-state index in [2.05, 4.69) is 22.2 Å². The Hall–Kier alpha value is -0.610. The van der Waals surface area contributed by atoms with E-state index in [1.165, 1.54) is 36.6 Å². The predicted octanol–water partition coefficient (Wildman–Crippen LogP) is 2.41. The van der Waals surface area contributed by atoms with Gasteiger partial charge in [-0.3, -0.25) is 0 Å². The molecule has 0 bridgehead atoms. The van der Waals surface area contributed by atoms with Crippen molar-refractivity contribution in [3.05, 3.63) is 11.1 Å². The highest BCUT2D eigenvalue weighted by Gasteiger charge is 2.25. The molecule has 2 N–H and O–H groups in total. The smallest absolute Gasteiger partial charge is 0.185 e. The molecular weight excluding hydrogens is 218 g/mol. The van der Waals surface area contributed by atoms with E-state index >= 15 is 0 Å². The molecule has 1 unspecified atom stereocenters. The summed E-state index contributed by atoms with van der Waals surface area (Å²) in [5, 5.41) is 3.41. The number of aromatic nitrogens is 1. The number of anilines is 1. The van der Waals surface area contributed by atoms with Gasteiger partial charge in [0.2, 0.25) is 0 Å². The van der Waals surface area contributed by atoms with Crippen LogP contribution in [-0.2, 0) is 6.42 Å². The molecule has 1 atom stereocenters. The van der Waals surface area contributed by atoms with Crippen molar-refractivity contribution in [2.75, 3.05) is 18.0 Å². The first-order chi connectivity index (χ1) is 7.85. The van der Waals surface area contributed by atoms with Gasteiger partial charge in [0.1, 0.15) is 0 Å². The van der Waals surface area contributed by atoms with Gasteiger partial charge in [-0.1, -0.05) is 6.92 Å². The van der Waals surface area contributed by atoms with Gasteiger partial charge in [0.15, 0.2) is 5.13 Å². The summed E-state index contributed by atoms with van der Waals surface area (Å²) in [6.45, 7) is 4.14. The molecule has 1 fully saturated rings. The first kappa shape index (κ1) is 11.9. The maximum atomic E-state index is 5.58. The monoisotopic (exact) mass is 239 g/mol. The lowest BCUT2D eigenvalue weighted by Gasteiger charge is -2.23. The average molecular weight is 239 g/mol. The number of nitrogens with two attached hydrogens (primary N) is 1. The third-order valence-corrected chi connectivity index (χ3v) is 4.19. The van der Waals surface area contributed by atoms with Gasteiger partial charge < -0.3 is 10.6 Å². The third-order valence-electron chi connectivity index (χ3n) is 3.27. The predicted molar refractivity (Wildman–Crippen MR) is 70.1 cm³/mol. The summed E-state index contributed by atoms with van der Waals surface area (Å²) in [4.78, 5) is 7.17. The molecule has 90 valence electrons. The largest absolute Gasteiger partial charge is 0.345 e. The van der Waals surface area contributed by atoms with Crippen molar-refractivity contribution in [2.45, 2.75) is 45.1 Å². The SMILES string of the molecule is CCc1csc(N2CCCC2CCCN)n1. The zero-order valence-corrected chi connectivity index (χ0v) is 10.8. The van der Waals surface area contributed by atoms with Gasteiger partial charge in [-0.05, 0) is 38.6 Å². The topological polar surface area (TPSA) is 42.1 Å². The average Bonchev–Trinajstić information content (AvgIpc) is 2.94. The number of nitrogens with zero attached hydrogens (tertiary/aromatic N) is 2. The van der Waals surface area contributed by atoms with Crippen LogP contribution in [0.3, 0.4) is 0 Å². The fraction of sp³-hybridized carbons (Fsp3) is 0.750. The summed E-state index contributed by atoms with van der Waals surface area (Å²) in [5.74, 6) is 0. The standard InChI is InChI=1S/C12H21N3S/c1-2-10-9-16-12(14-10)15-8-4-6-11(15)5-3-7-13/h9,11H,2-8,13H2,1H3. The Morgan fingerprint density at radius 3 is 3.19 bits per heavy atom. The summed E-state index contributed by atoms with van der Waals surface area (Å²) >= 11 is 1.79. The van der Waals surface area contributed by atoms with E-state index in [1.54, 1.807) is 11.3 Å². The lowest BCUT2D eigenvalue weighted by atomic mass is 10.1. The van der Waals surface area contributed by atoms with E-state index in [9.17, 15) is 0 Å². The Morgan fingerprint density at radius 1 is 1.62 bits per heavy atom. The molecule has 3 nitrogen and oxygen atoms in total. The second kappa shape index (κ2) is 5.64. The second-order valence-corrected chi connectivity index (χ2v) is 5.23. The molecular formula is C12H21N3S. The highest BCUT2D eigenvalue weighted by Crippen LogP contribution is 2.30. The Bertz CT molecular complexity index is 324. The minimum atomic E-state index is 0.680. The van der Waals surface area contributed by atoms with Gasteiger partial charge in [-0.2, -0.15) is 0 Å². The summed E-state index contributed by atoms with van der Waals surface area (Å²) < 4.78 is 0. The van der Waals surface area contributed by atoms with E-state index in [4.69, 9.17) is 5.73 Å². The lowest BCUT2D eigenvalue weighted by molar-refractivity contribution is 0.584. The molecule has 1 aliphatic heterocycles. The first-order valence-corrected chi connectivity index (χ1v) is 7.14. The molecule has 0 aromatic carbocycles. The second-order valence-electron chi connectivity index (χ2n) is 4.40. The van der Waals surface area contributed by atoms with Crippen LogP contribution in [0.25, 0.3) is 0 Å². The van der Waals surface area contributed by atoms with Gasteiger partial charge in [-0.15, -0.1) is 11.3 Å². The van der Waals surface area contributed by atoms with Crippen LogP contribution in [0.2, 0.25) is 0 Å². The number of hydrogen-bond acceptors (Lipinski definition) is 4. The van der Waals surface area contributed by atoms with E-state index < -0.39 is 0 Å². The maximum absolute atomic E-state index is 5.58. The van der Waals surface area contributed by atoms with Gasteiger partial charge >= 0.3 is 0 Å². The molecule has 1 aromatic heterocycles. The van der Waals surface area contributed by atoms with Crippen molar-refractivity contribution in [2.24, 2.45) is 5.73 Å². The zero-order chi connectivity index (χ0) is 11.4. The summed E-state index contributed by atoms with van der Waals surface area (Å²) in [6, 6.07) is 0.680. The number of thiazole rings is 1. The third kappa shape index (κ3) is 2.55. The Morgan fingerprint density at radius 2 is 2.50 bits per heavy atom. The molecule has 16 heavy (non-hydrogen) atoms. The van der Waals surface area contributed by atoms with Gasteiger partial charge in [0.25, 0.3) is 0 Å². The molecule has 0 saturated carbocycles. The van der Waals surface area contributed by atoms with E-state index in [0.29, 0.717) is 6.04 Å². The fourth-order valence-electron chi connectivity index (χ4n) is 2.33. The summed E-state index contributed by atoms with van der Waals surface area (Å²) in [5.41, 5.74) is 6.81. The van der Waals surface area contributed by atoms with Gasteiger partial charge in [-0.25, -0.2) is 4.98 Å². The van der Waals surface area contributed by atoms with Crippen molar-refractivity contribution in [3.63, 3.8) is 0 Å². The molecule has 1 saturated heterocycles. The highest BCUT2D eigenvalue weighted by molar-refractivity contribution is 7.13. The molecule has 0 radical (unpaired) electrons. The molecule has 4 heteroatoms. The van der Waals surface area contributed by atoms with Crippen molar-refractivity contribution < 1.29 is 0 Å². The lowest BCUT2D eigenvalue weighted by Crippen LogP contribution is -2.29. The molecule has 0 spiro atoms. The van der Waals surface area contributed by atoms with Crippen molar-refractivity contribution >= 4 is 16.5 Å². The fourth-order valence-corrected chi connectivity index (χ4v) is 3.34. The normalized spacial score (nSPS) is 20.6. The number of hydrogen-bond donors (Lipinski definition) is 1. The minimum Gasteiger partial charge on any atom is -0.345 e. The van der Waals surface area contributed by atoms with Gasteiger partial charge in [0, 0.05) is 18.0 Å². The van der Waals surface area contributed by atoms with Gasteiger partial charge in [0.05, 0.1) is 5.69 Å². The van der Waals surface area contributed by atoms with Crippen LogP contribution in [0.1, 0.15) is 38.3 Å². The number of aryl methyl sites for hydroxylation is 1. The Balaban J connectivity index is 2.01. The van der Waals surface area contributed by atoms with Crippen LogP contribution < -0.4 is 10.6 Å². The summed E-state index contributed by atoms with van der Waals surface area (Å²) in [7, 11) is 0. The van der Waals surface area contributed by atoms with Crippen LogP contribution in [0.15, 0.2) is 5.38 Å². The Kier molecular flexibility index (Phi) is 4.18. The molecule has 1 aromatic rings. The van der Waals surface area contributed by atoms with Crippen LogP contribution in [-0.4, -0.2) is 24.1 Å². The van der Waals surface area contributed by atoms with E-state index in [1.807, 2.05) is 0 Å². The molecule has 0 aliphatic carbocycles. The quantitative estimate of drug-likeness (QED) is 0.858. The highest BCUT2D eigenvalue weighted by atomic mass is 32.1.